The van der Waals surface area contributed by atoms with Crippen molar-refractivity contribution >= 4 is 5.84 Å². The Balaban J connectivity index is 2.07. The van der Waals surface area contributed by atoms with E-state index in [2.05, 4.69) is 20.4 Å². The summed E-state index contributed by atoms with van der Waals surface area (Å²) in [6.45, 7) is 0.584. The number of oxime groups is 1. The van der Waals surface area contributed by atoms with Crippen LogP contribution in [0.5, 0.6) is 0 Å². The quantitative estimate of drug-likeness (QED) is 0.320. The molecule has 6 nitrogen and oxygen atoms in total. The van der Waals surface area contributed by atoms with Crippen molar-refractivity contribution in [3.63, 3.8) is 0 Å². The smallest absolute Gasteiger partial charge is 0.141 e. The Bertz CT molecular complexity index is 544. The number of nitrogens with zero attached hydrogens (tertiary/aromatic N) is 3. The molecule has 20 heavy (non-hydrogen) atoms. The molecule has 0 saturated heterocycles. The second kappa shape index (κ2) is 7.20. The van der Waals surface area contributed by atoms with Crippen LogP contribution in [0.1, 0.15) is 23.7 Å². The van der Waals surface area contributed by atoms with E-state index in [1.54, 1.807) is 6.20 Å². The van der Waals surface area contributed by atoms with Gasteiger partial charge in [-0.3, -0.25) is 0 Å². The van der Waals surface area contributed by atoms with Gasteiger partial charge in [-0.1, -0.05) is 35.5 Å². The van der Waals surface area contributed by atoms with Gasteiger partial charge in [0.2, 0.25) is 0 Å². The third-order valence-corrected chi connectivity index (χ3v) is 2.92. The van der Waals surface area contributed by atoms with Crippen LogP contribution in [0.25, 0.3) is 0 Å². The number of rotatable bonds is 6. The first-order chi connectivity index (χ1) is 9.79. The summed E-state index contributed by atoms with van der Waals surface area (Å²) in [6, 6.07) is 11.7. The third-order valence-electron chi connectivity index (χ3n) is 2.92. The maximum atomic E-state index is 8.73. The van der Waals surface area contributed by atoms with Crippen molar-refractivity contribution in [1.82, 2.24) is 15.3 Å². The first kappa shape index (κ1) is 14.0. The van der Waals surface area contributed by atoms with E-state index in [-0.39, 0.29) is 11.9 Å². The van der Waals surface area contributed by atoms with Crippen molar-refractivity contribution in [3.05, 3.63) is 60.2 Å². The first-order valence-electron chi connectivity index (χ1n) is 6.29. The largest absolute Gasteiger partial charge is 0.409 e. The summed E-state index contributed by atoms with van der Waals surface area (Å²) in [7, 11) is 0. The molecule has 0 fully saturated rings. The second-order valence-corrected chi connectivity index (χ2v) is 4.34. The minimum Gasteiger partial charge on any atom is -0.409 e. The summed E-state index contributed by atoms with van der Waals surface area (Å²) in [5.74, 6) is 0.189. The summed E-state index contributed by atoms with van der Waals surface area (Å²) >= 11 is 0. The van der Waals surface area contributed by atoms with Crippen molar-refractivity contribution in [2.45, 2.75) is 19.0 Å². The van der Waals surface area contributed by atoms with Crippen molar-refractivity contribution in [1.29, 1.82) is 0 Å². The number of hydrogen-bond acceptors (Lipinski definition) is 5. The fraction of sp³-hybridized carbons (Fsp3) is 0.214. The molecule has 104 valence electrons. The zero-order valence-corrected chi connectivity index (χ0v) is 11.0. The van der Waals surface area contributed by atoms with Crippen LogP contribution in [0, 0.1) is 0 Å². The monoisotopic (exact) mass is 271 g/mol. The van der Waals surface area contributed by atoms with Gasteiger partial charge >= 0.3 is 0 Å². The minimum atomic E-state index is -0.0398. The molecule has 2 aromatic rings. The zero-order valence-electron chi connectivity index (χ0n) is 11.0. The molecular weight excluding hydrogens is 254 g/mol. The molecule has 0 aliphatic rings. The molecule has 4 N–H and O–H groups in total. The Morgan fingerprint density at radius 2 is 2.10 bits per heavy atom. The molecule has 1 heterocycles. The molecule has 0 saturated carbocycles. The molecule has 2 rings (SSSR count). The first-order valence-corrected chi connectivity index (χ1v) is 6.29. The fourth-order valence-corrected chi connectivity index (χ4v) is 1.89. The summed E-state index contributed by atoms with van der Waals surface area (Å²) < 4.78 is 0. The van der Waals surface area contributed by atoms with Crippen LogP contribution in [-0.2, 0) is 6.54 Å². The van der Waals surface area contributed by atoms with E-state index in [9.17, 15) is 0 Å². The Kier molecular flexibility index (Phi) is 5.02. The van der Waals surface area contributed by atoms with Crippen LogP contribution in [0.15, 0.2) is 54.1 Å². The van der Waals surface area contributed by atoms with Crippen molar-refractivity contribution in [3.8, 4) is 0 Å². The van der Waals surface area contributed by atoms with Gasteiger partial charge in [-0.2, -0.15) is 0 Å². The number of amidine groups is 1. The van der Waals surface area contributed by atoms with Crippen LogP contribution in [0.3, 0.4) is 0 Å². The molecule has 1 atom stereocenters. The lowest BCUT2D eigenvalue weighted by molar-refractivity contribution is 0.315. The van der Waals surface area contributed by atoms with E-state index in [1.807, 2.05) is 36.4 Å². The molecule has 1 aromatic carbocycles. The van der Waals surface area contributed by atoms with E-state index in [0.29, 0.717) is 13.0 Å². The Morgan fingerprint density at radius 1 is 1.30 bits per heavy atom. The molecule has 1 aromatic heterocycles. The van der Waals surface area contributed by atoms with Gasteiger partial charge in [-0.25, -0.2) is 9.97 Å². The van der Waals surface area contributed by atoms with E-state index in [1.165, 1.54) is 6.33 Å². The van der Waals surface area contributed by atoms with Gasteiger partial charge in [0.05, 0.1) is 5.69 Å². The SMILES string of the molecule is N/C(CC(NCc1ccncn1)c1ccccc1)=N/O. The van der Waals surface area contributed by atoms with Crippen LogP contribution >= 0.6 is 0 Å². The second-order valence-electron chi connectivity index (χ2n) is 4.34. The van der Waals surface area contributed by atoms with Gasteiger partial charge in [-0.15, -0.1) is 0 Å². The third kappa shape index (κ3) is 4.03. The molecule has 0 aliphatic carbocycles. The highest BCUT2D eigenvalue weighted by Crippen LogP contribution is 2.16. The average Bonchev–Trinajstić information content (AvgIpc) is 2.53. The van der Waals surface area contributed by atoms with Crippen molar-refractivity contribution in [2.24, 2.45) is 10.9 Å². The maximum absolute atomic E-state index is 8.73. The highest BCUT2D eigenvalue weighted by atomic mass is 16.4. The number of nitrogens with one attached hydrogen (secondary N) is 1. The maximum Gasteiger partial charge on any atom is 0.141 e. The lowest BCUT2D eigenvalue weighted by Gasteiger charge is -2.18. The Hall–Kier alpha value is -2.47. The predicted molar refractivity (Wildman–Crippen MR) is 76.1 cm³/mol. The van der Waals surface area contributed by atoms with Gasteiger partial charge in [-0.05, 0) is 11.6 Å². The molecule has 0 radical (unpaired) electrons. The molecule has 6 heteroatoms. The summed E-state index contributed by atoms with van der Waals surface area (Å²) in [4.78, 5) is 8.04. The van der Waals surface area contributed by atoms with E-state index in [4.69, 9.17) is 10.9 Å². The van der Waals surface area contributed by atoms with E-state index >= 15 is 0 Å². The van der Waals surface area contributed by atoms with Crippen LogP contribution in [-0.4, -0.2) is 21.0 Å². The normalized spacial score (nSPS) is 13.1. The van der Waals surface area contributed by atoms with Crippen molar-refractivity contribution < 1.29 is 5.21 Å². The number of aromatic nitrogens is 2. The molecule has 1 unspecified atom stereocenters. The number of benzene rings is 1. The topological polar surface area (TPSA) is 96.4 Å². The molecule has 0 aliphatic heterocycles. The summed E-state index contributed by atoms with van der Waals surface area (Å²) in [5.41, 5.74) is 7.58. The van der Waals surface area contributed by atoms with Gasteiger partial charge in [0.1, 0.15) is 12.2 Å². The minimum absolute atomic E-state index is 0.0398. The summed E-state index contributed by atoms with van der Waals surface area (Å²) in [6.07, 6.45) is 3.63. The standard InChI is InChI=1S/C14H17N5O/c15-14(19-20)8-13(11-4-2-1-3-5-11)17-9-12-6-7-16-10-18-12/h1-7,10,13,17,20H,8-9H2,(H2,15,19). The number of nitrogens with two attached hydrogens (primary N) is 1. The van der Waals surface area contributed by atoms with E-state index in [0.717, 1.165) is 11.3 Å². The van der Waals surface area contributed by atoms with E-state index < -0.39 is 0 Å². The van der Waals surface area contributed by atoms with Gasteiger partial charge in [0.25, 0.3) is 0 Å². The van der Waals surface area contributed by atoms with Crippen LogP contribution in [0.4, 0.5) is 0 Å². The lowest BCUT2D eigenvalue weighted by atomic mass is 10.0. The zero-order chi connectivity index (χ0) is 14.2. The molecule has 0 bridgehead atoms. The van der Waals surface area contributed by atoms with Crippen molar-refractivity contribution in [2.75, 3.05) is 0 Å². The molecule has 0 spiro atoms. The molecular formula is C14H17N5O. The van der Waals surface area contributed by atoms with Gasteiger partial charge < -0.3 is 16.3 Å². The lowest BCUT2D eigenvalue weighted by Crippen LogP contribution is -2.27. The fourth-order valence-electron chi connectivity index (χ4n) is 1.89. The summed E-state index contributed by atoms with van der Waals surface area (Å²) in [5, 5.41) is 15.1. The highest BCUT2D eigenvalue weighted by molar-refractivity contribution is 5.80. The highest BCUT2D eigenvalue weighted by Gasteiger charge is 2.13. The average molecular weight is 271 g/mol. The van der Waals surface area contributed by atoms with Crippen LogP contribution < -0.4 is 11.1 Å². The Labute approximate surface area is 117 Å². The van der Waals surface area contributed by atoms with Crippen LogP contribution in [0.2, 0.25) is 0 Å². The molecule has 0 amide bonds. The Morgan fingerprint density at radius 3 is 2.75 bits per heavy atom. The van der Waals surface area contributed by atoms with Gasteiger partial charge in [0.15, 0.2) is 0 Å². The number of hydrogen-bond donors (Lipinski definition) is 3. The predicted octanol–water partition coefficient (Wildman–Crippen LogP) is 1.44. The van der Waals surface area contributed by atoms with Gasteiger partial charge in [0, 0.05) is 25.2 Å².